The SMILES string of the molecule is NCCCS(=O)(=O)NCc1ccccc1Br. The zero-order chi connectivity index (χ0) is 12.0. The molecule has 0 spiro atoms. The first-order chi connectivity index (χ1) is 7.55. The molecule has 1 aromatic carbocycles. The minimum Gasteiger partial charge on any atom is -0.330 e. The maximum absolute atomic E-state index is 11.5. The Morgan fingerprint density at radius 1 is 1.31 bits per heavy atom. The number of nitrogens with one attached hydrogen (secondary N) is 1. The third-order valence-corrected chi connectivity index (χ3v) is 4.24. The van der Waals surface area contributed by atoms with Crippen LogP contribution in [0.3, 0.4) is 0 Å². The molecule has 3 N–H and O–H groups in total. The van der Waals surface area contributed by atoms with E-state index in [1.807, 2.05) is 24.3 Å². The van der Waals surface area contributed by atoms with E-state index in [9.17, 15) is 8.42 Å². The van der Waals surface area contributed by atoms with Crippen molar-refractivity contribution in [3.05, 3.63) is 34.3 Å². The van der Waals surface area contributed by atoms with Crippen molar-refractivity contribution in [3.63, 3.8) is 0 Å². The monoisotopic (exact) mass is 306 g/mol. The number of benzene rings is 1. The summed E-state index contributed by atoms with van der Waals surface area (Å²) >= 11 is 3.36. The zero-order valence-electron chi connectivity index (χ0n) is 8.82. The Morgan fingerprint density at radius 3 is 2.62 bits per heavy atom. The molecule has 0 saturated heterocycles. The summed E-state index contributed by atoms with van der Waals surface area (Å²) < 4.78 is 26.4. The summed E-state index contributed by atoms with van der Waals surface area (Å²) in [4.78, 5) is 0. The maximum atomic E-state index is 11.5. The Morgan fingerprint density at radius 2 is 2.00 bits per heavy atom. The lowest BCUT2D eigenvalue weighted by molar-refractivity contribution is 0.578. The molecule has 0 saturated carbocycles. The van der Waals surface area contributed by atoms with E-state index >= 15 is 0 Å². The van der Waals surface area contributed by atoms with Gasteiger partial charge in [0.1, 0.15) is 0 Å². The van der Waals surface area contributed by atoms with Crippen LogP contribution in [0.1, 0.15) is 12.0 Å². The highest BCUT2D eigenvalue weighted by Gasteiger charge is 2.09. The van der Waals surface area contributed by atoms with Crippen molar-refractivity contribution in [2.45, 2.75) is 13.0 Å². The fourth-order valence-electron chi connectivity index (χ4n) is 1.17. The number of halogens is 1. The second kappa shape index (κ2) is 6.34. The van der Waals surface area contributed by atoms with Crippen LogP contribution in [0, 0.1) is 0 Å². The van der Waals surface area contributed by atoms with Gasteiger partial charge in [0.05, 0.1) is 5.75 Å². The molecule has 6 heteroatoms. The molecule has 4 nitrogen and oxygen atoms in total. The van der Waals surface area contributed by atoms with Gasteiger partial charge in [0.25, 0.3) is 0 Å². The topological polar surface area (TPSA) is 72.2 Å². The van der Waals surface area contributed by atoms with E-state index in [1.54, 1.807) is 0 Å². The van der Waals surface area contributed by atoms with Crippen LogP contribution in [0.15, 0.2) is 28.7 Å². The largest absolute Gasteiger partial charge is 0.330 e. The summed E-state index contributed by atoms with van der Waals surface area (Å²) in [5.74, 6) is 0.0773. The van der Waals surface area contributed by atoms with Crippen LogP contribution >= 0.6 is 15.9 Å². The summed E-state index contributed by atoms with van der Waals surface area (Å²) in [6.07, 6.45) is 0.477. The van der Waals surface area contributed by atoms with Gasteiger partial charge in [0.15, 0.2) is 0 Å². The molecule has 0 aromatic heterocycles. The molecule has 0 aliphatic carbocycles. The molecule has 0 heterocycles. The molecule has 0 aliphatic heterocycles. The van der Waals surface area contributed by atoms with E-state index in [2.05, 4.69) is 20.7 Å². The fourth-order valence-corrected chi connectivity index (χ4v) is 2.67. The third kappa shape index (κ3) is 4.61. The average molecular weight is 307 g/mol. The number of hydrogen-bond acceptors (Lipinski definition) is 3. The van der Waals surface area contributed by atoms with Crippen LogP contribution in [0.5, 0.6) is 0 Å². The van der Waals surface area contributed by atoms with Gasteiger partial charge < -0.3 is 5.73 Å². The lowest BCUT2D eigenvalue weighted by Crippen LogP contribution is -2.27. The highest BCUT2D eigenvalue weighted by Crippen LogP contribution is 2.15. The van der Waals surface area contributed by atoms with E-state index in [4.69, 9.17) is 5.73 Å². The number of nitrogens with two attached hydrogens (primary N) is 1. The van der Waals surface area contributed by atoms with Crippen molar-refractivity contribution in [2.75, 3.05) is 12.3 Å². The van der Waals surface area contributed by atoms with Gasteiger partial charge in [-0.25, -0.2) is 13.1 Å². The Kier molecular flexibility index (Phi) is 5.40. The molecule has 0 radical (unpaired) electrons. The Balaban J connectivity index is 2.55. The van der Waals surface area contributed by atoms with Gasteiger partial charge in [-0.05, 0) is 24.6 Å². The van der Waals surface area contributed by atoms with Crippen molar-refractivity contribution in [1.82, 2.24) is 4.72 Å². The highest BCUT2D eigenvalue weighted by atomic mass is 79.9. The van der Waals surface area contributed by atoms with Crippen molar-refractivity contribution in [1.29, 1.82) is 0 Å². The Bertz CT molecular complexity index is 434. The highest BCUT2D eigenvalue weighted by molar-refractivity contribution is 9.10. The second-order valence-electron chi connectivity index (χ2n) is 3.37. The minimum absolute atomic E-state index is 0.0773. The average Bonchev–Trinajstić information content (AvgIpc) is 2.26. The normalized spacial score (nSPS) is 11.6. The van der Waals surface area contributed by atoms with Crippen molar-refractivity contribution >= 4 is 26.0 Å². The molecule has 0 fully saturated rings. The molecular weight excluding hydrogens is 292 g/mol. The van der Waals surface area contributed by atoms with E-state index < -0.39 is 10.0 Å². The Hall–Kier alpha value is -0.430. The quantitative estimate of drug-likeness (QED) is 0.830. The summed E-state index contributed by atoms with van der Waals surface area (Å²) in [6.45, 7) is 0.685. The molecular formula is C10H15BrN2O2S. The molecule has 1 aromatic rings. The maximum Gasteiger partial charge on any atom is 0.211 e. The third-order valence-electron chi connectivity index (χ3n) is 2.06. The first-order valence-corrected chi connectivity index (χ1v) is 7.40. The summed E-state index contributed by atoms with van der Waals surface area (Å²) in [5, 5.41) is 0. The van der Waals surface area contributed by atoms with Crippen LogP contribution in [-0.2, 0) is 16.6 Å². The van der Waals surface area contributed by atoms with E-state index in [-0.39, 0.29) is 5.75 Å². The fraction of sp³-hybridized carbons (Fsp3) is 0.400. The molecule has 90 valence electrons. The molecule has 0 aliphatic rings. The lowest BCUT2D eigenvalue weighted by Gasteiger charge is -2.07. The van der Waals surface area contributed by atoms with Crippen LogP contribution < -0.4 is 10.5 Å². The first kappa shape index (κ1) is 13.6. The standard InChI is InChI=1S/C10H15BrN2O2S/c11-10-5-2-1-4-9(10)8-13-16(14,15)7-3-6-12/h1-2,4-5,13H,3,6-8,12H2. The van der Waals surface area contributed by atoms with Gasteiger partial charge in [-0.3, -0.25) is 0 Å². The first-order valence-electron chi connectivity index (χ1n) is 4.96. The van der Waals surface area contributed by atoms with Gasteiger partial charge in [-0.1, -0.05) is 34.1 Å². The summed E-state index contributed by atoms with van der Waals surface area (Å²) in [7, 11) is -3.21. The van der Waals surface area contributed by atoms with E-state index in [1.165, 1.54) is 0 Å². The van der Waals surface area contributed by atoms with Gasteiger partial charge in [0, 0.05) is 11.0 Å². The van der Waals surface area contributed by atoms with Crippen molar-refractivity contribution < 1.29 is 8.42 Å². The molecule has 16 heavy (non-hydrogen) atoms. The van der Waals surface area contributed by atoms with Gasteiger partial charge >= 0.3 is 0 Å². The molecule has 0 unspecified atom stereocenters. The molecule has 0 amide bonds. The van der Waals surface area contributed by atoms with Crippen molar-refractivity contribution in [2.24, 2.45) is 5.73 Å². The smallest absolute Gasteiger partial charge is 0.211 e. The second-order valence-corrected chi connectivity index (χ2v) is 6.15. The van der Waals surface area contributed by atoms with Crippen LogP contribution in [0.25, 0.3) is 0 Å². The van der Waals surface area contributed by atoms with Crippen LogP contribution in [0.4, 0.5) is 0 Å². The molecule has 0 atom stereocenters. The number of hydrogen-bond donors (Lipinski definition) is 2. The van der Waals surface area contributed by atoms with Crippen molar-refractivity contribution in [3.8, 4) is 0 Å². The zero-order valence-corrected chi connectivity index (χ0v) is 11.2. The summed E-state index contributed by atoms with van der Waals surface area (Å²) in [5.41, 5.74) is 6.18. The van der Waals surface area contributed by atoms with Gasteiger partial charge in [-0.15, -0.1) is 0 Å². The van der Waals surface area contributed by atoms with Crippen LogP contribution in [-0.4, -0.2) is 20.7 Å². The lowest BCUT2D eigenvalue weighted by atomic mass is 10.2. The number of sulfonamides is 1. The minimum atomic E-state index is -3.21. The van der Waals surface area contributed by atoms with Crippen LogP contribution in [0.2, 0.25) is 0 Å². The van der Waals surface area contributed by atoms with E-state index in [0.29, 0.717) is 19.5 Å². The Labute approximate surface area is 104 Å². The van der Waals surface area contributed by atoms with Gasteiger partial charge in [-0.2, -0.15) is 0 Å². The van der Waals surface area contributed by atoms with Gasteiger partial charge in [0.2, 0.25) is 10.0 Å². The molecule has 0 bridgehead atoms. The predicted octanol–water partition coefficient (Wildman–Crippen LogP) is 1.22. The predicted molar refractivity (Wildman–Crippen MR) is 68.4 cm³/mol. The number of rotatable bonds is 6. The molecule has 1 rings (SSSR count). The van der Waals surface area contributed by atoms with E-state index in [0.717, 1.165) is 10.0 Å². The summed E-state index contributed by atoms with van der Waals surface area (Å²) in [6, 6.07) is 7.50.